The molecule has 8 heteroatoms. The van der Waals surface area contributed by atoms with Gasteiger partial charge >= 0.3 is 11.9 Å². The molecule has 0 aromatic carbocycles. The van der Waals surface area contributed by atoms with Crippen LogP contribution in [0.15, 0.2) is 0 Å². The number of nitrogens with one attached hydrogen (secondary N) is 1. The van der Waals surface area contributed by atoms with Crippen LogP contribution in [-0.2, 0) is 23.9 Å². The number of hydrogen-bond acceptors (Lipinski definition) is 6. The highest BCUT2D eigenvalue weighted by Crippen LogP contribution is 2.21. The summed E-state index contributed by atoms with van der Waals surface area (Å²) in [5.41, 5.74) is 5.53. The molecule has 1 amide bonds. The molecule has 1 rings (SSSR count). The molecule has 0 aromatic heterocycles. The van der Waals surface area contributed by atoms with Crippen molar-refractivity contribution in [1.29, 1.82) is 0 Å². The smallest absolute Gasteiger partial charge is 0.331 e. The molecule has 1 fully saturated rings. The molecular weight excluding hydrogens is 316 g/mol. The number of carboxylic acids is 1. The highest BCUT2D eigenvalue weighted by Gasteiger charge is 2.32. The summed E-state index contributed by atoms with van der Waals surface area (Å²) < 4.78 is 10.7. The summed E-state index contributed by atoms with van der Waals surface area (Å²) in [6.07, 6.45) is 5.28. The van der Waals surface area contributed by atoms with Crippen LogP contribution in [0.5, 0.6) is 0 Å². The van der Waals surface area contributed by atoms with E-state index < -0.39 is 42.5 Å². The van der Waals surface area contributed by atoms with E-state index in [1.54, 1.807) is 6.92 Å². The average molecular weight is 344 g/mol. The fourth-order valence-electron chi connectivity index (χ4n) is 2.80. The Morgan fingerprint density at radius 1 is 1.21 bits per heavy atom. The Bertz CT molecular complexity index is 434. The quantitative estimate of drug-likeness (QED) is 0.434. The van der Waals surface area contributed by atoms with E-state index in [0.29, 0.717) is 0 Å². The third-order valence-corrected chi connectivity index (χ3v) is 4.16. The van der Waals surface area contributed by atoms with Crippen LogP contribution in [0.25, 0.3) is 0 Å². The summed E-state index contributed by atoms with van der Waals surface area (Å²) in [4.78, 5) is 34.6. The van der Waals surface area contributed by atoms with Gasteiger partial charge in [0.2, 0.25) is 5.91 Å². The molecule has 0 saturated heterocycles. The molecule has 24 heavy (non-hydrogen) atoms. The van der Waals surface area contributed by atoms with E-state index in [-0.39, 0.29) is 6.10 Å². The van der Waals surface area contributed by atoms with Gasteiger partial charge in [0.15, 0.2) is 6.04 Å². The predicted molar refractivity (Wildman–Crippen MR) is 86.2 cm³/mol. The van der Waals surface area contributed by atoms with Crippen molar-refractivity contribution in [3.8, 4) is 0 Å². The summed E-state index contributed by atoms with van der Waals surface area (Å²) in [5.74, 6) is -2.55. The van der Waals surface area contributed by atoms with E-state index in [1.807, 2.05) is 0 Å². The van der Waals surface area contributed by atoms with Gasteiger partial charge < -0.3 is 25.6 Å². The molecule has 138 valence electrons. The fourth-order valence-corrected chi connectivity index (χ4v) is 2.80. The molecular formula is C16H28N2O6. The van der Waals surface area contributed by atoms with Crippen molar-refractivity contribution in [2.75, 3.05) is 7.11 Å². The Labute approximate surface area is 142 Å². The van der Waals surface area contributed by atoms with E-state index in [1.165, 1.54) is 20.0 Å². The van der Waals surface area contributed by atoms with E-state index in [9.17, 15) is 14.4 Å². The van der Waals surface area contributed by atoms with E-state index >= 15 is 0 Å². The van der Waals surface area contributed by atoms with E-state index in [2.05, 4.69) is 5.32 Å². The molecule has 0 heterocycles. The van der Waals surface area contributed by atoms with Crippen molar-refractivity contribution in [2.45, 2.75) is 76.2 Å². The van der Waals surface area contributed by atoms with Crippen molar-refractivity contribution >= 4 is 17.8 Å². The van der Waals surface area contributed by atoms with Crippen molar-refractivity contribution in [3.05, 3.63) is 0 Å². The average Bonchev–Trinajstić information content (AvgIpc) is 2.79. The molecule has 1 aliphatic rings. The second-order valence-electron chi connectivity index (χ2n) is 6.17. The van der Waals surface area contributed by atoms with Crippen LogP contribution < -0.4 is 11.1 Å². The zero-order valence-corrected chi connectivity index (χ0v) is 14.3. The normalized spacial score (nSPS) is 19.6. The Morgan fingerprint density at radius 2 is 1.79 bits per heavy atom. The Hall–Kier alpha value is -1.67. The van der Waals surface area contributed by atoms with Crippen LogP contribution in [0.1, 0.15) is 51.9 Å². The minimum absolute atomic E-state index is 0.0410. The molecule has 0 aliphatic heterocycles. The number of methoxy groups -OCH3 is 1. The summed E-state index contributed by atoms with van der Waals surface area (Å²) in [6, 6.07) is -2.26. The molecule has 1 saturated carbocycles. The molecule has 0 radical (unpaired) electrons. The molecule has 0 spiro atoms. The zero-order valence-electron chi connectivity index (χ0n) is 14.3. The second-order valence-corrected chi connectivity index (χ2v) is 6.17. The van der Waals surface area contributed by atoms with Crippen molar-refractivity contribution in [3.63, 3.8) is 0 Å². The number of ether oxygens (including phenoxy) is 2. The Kier molecular flexibility index (Phi) is 8.70. The van der Waals surface area contributed by atoms with Gasteiger partial charge in [-0.2, -0.15) is 0 Å². The minimum Gasteiger partial charge on any atom is -0.481 e. The van der Waals surface area contributed by atoms with E-state index in [0.717, 1.165) is 25.7 Å². The first kappa shape index (κ1) is 20.4. The first-order valence-corrected chi connectivity index (χ1v) is 8.36. The summed E-state index contributed by atoms with van der Waals surface area (Å²) in [7, 11) is 1.22. The van der Waals surface area contributed by atoms with Crippen LogP contribution >= 0.6 is 0 Å². The first-order valence-electron chi connectivity index (χ1n) is 8.36. The fraction of sp³-hybridized carbons (Fsp3) is 0.812. The van der Waals surface area contributed by atoms with Crippen molar-refractivity contribution in [2.24, 2.45) is 5.73 Å². The molecule has 0 unspecified atom stereocenters. The lowest BCUT2D eigenvalue weighted by atomic mass is 10.1. The van der Waals surface area contributed by atoms with Gasteiger partial charge in [0, 0.05) is 0 Å². The maximum Gasteiger partial charge on any atom is 0.331 e. The van der Waals surface area contributed by atoms with Gasteiger partial charge in [0.1, 0.15) is 0 Å². The highest BCUT2D eigenvalue weighted by molar-refractivity contribution is 5.90. The maximum absolute atomic E-state index is 12.0. The summed E-state index contributed by atoms with van der Waals surface area (Å²) >= 11 is 0. The lowest BCUT2D eigenvalue weighted by molar-refractivity contribution is -0.151. The SMILES string of the molecule is COC(=O)[C@@H](NC(=O)[C@@H](N)CC(=O)O)[C@@H](C)OC1CCCCCC1. The van der Waals surface area contributed by atoms with Gasteiger partial charge in [0.05, 0.1) is 31.8 Å². The Balaban J connectivity index is 2.67. The number of aliphatic carboxylic acids is 1. The predicted octanol–water partition coefficient (Wildman–Crippen LogP) is 0.574. The largest absolute Gasteiger partial charge is 0.481 e. The second kappa shape index (κ2) is 10.2. The first-order chi connectivity index (χ1) is 11.3. The number of carbonyl (C=O) groups is 3. The van der Waals surface area contributed by atoms with Crippen LogP contribution in [-0.4, -0.2) is 54.4 Å². The van der Waals surface area contributed by atoms with Crippen molar-refractivity contribution in [1.82, 2.24) is 5.32 Å². The summed E-state index contributed by atoms with van der Waals surface area (Å²) in [5, 5.41) is 11.1. The highest BCUT2D eigenvalue weighted by atomic mass is 16.5. The van der Waals surface area contributed by atoms with E-state index in [4.69, 9.17) is 20.3 Å². The topological polar surface area (TPSA) is 128 Å². The van der Waals surface area contributed by atoms with Crippen LogP contribution in [0.2, 0.25) is 0 Å². The number of hydrogen-bond donors (Lipinski definition) is 3. The van der Waals surface area contributed by atoms with Gasteiger partial charge in [-0.15, -0.1) is 0 Å². The van der Waals surface area contributed by atoms with Gasteiger partial charge in [-0.1, -0.05) is 25.7 Å². The molecule has 8 nitrogen and oxygen atoms in total. The number of carboxylic acid groups (broad SMARTS) is 1. The number of carbonyl (C=O) groups excluding carboxylic acids is 2. The Morgan fingerprint density at radius 3 is 2.29 bits per heavy atom. The third-order valence-electron chi connectivity index (χ3n) is 4.16. The standard InChI is InChI=1S/C16H28N2O6/c1-10(24-11-7-5-3-4-6-8-11)14(16(22)23-2)18-15(21)12(17)9-13(19)20/h10-12,14H,3-9,17H2,1-2H3,(H,18,21)(H,19,20)/t10-,12+,14+/m1/s1. The van der Waals surface area contributed by atoms with Gasteiger partial charge in [-0.05, 0) is 19.8 Å². The number of rotatable bonds is 8. The lowest BCUT2D eigenvalue weighted by Crippen LogP contribution is -2.54. The molecule has 0 bridgehead atoms. The molecule has 0 aromatic rings. The number of nitrogens with two attached hydrogens (primary N) is 1. The van der Waals surface area contributed by atoms with Gasteiger partial charge in [0.25, 0.3) is 0 Å². The molecule has 1 aliphatic carbocycles. The van der Waals surface area contributed by atoms with Crippen LogP contribution in [0, 0.1) is 0 Å². The lowest BCUT2D eigenvalue weighted by Gasteiger charge is -2.28. The van der Waals surface area contributed by atoms with Crippen LogP contribution in [0.4, 0.5) is 0 Å². The summed E-state index contributed by atoms with van der Waals surface area (Å²) in [6.45, 7) is 1.69. The van der Waals surface area contributed by atoms with Crippen LogP contribution in [0.3, 0.4) is 0 Å². The van der Waals surface area contributed by atoms with Gasteiger partial charge in [-0.3, -0.25) is 9.59 Å². The van der Waals surface area contributed by atoms with Gasteiger partial charge in [-0.25, -0.2) is 4.79 Å². The third kappa shape index (κ3) is 6.84. The molecule has 3 atom stereocenters. The minimum atomic E-state index is -1.24. The molecule has 4 N–H and O–H groups in total. The van der Waals surface area contributed by atoms with Crippen molar-refractivity contribution < 1.29 is 29.0 Å². The number of esters is 1. The number of amides is 1. The maximum atomic E-state index is 12.0. The zero-order chi connectivity index (χ0) is 18.1. The monoisotopic (exact) mass is 344 g/mol.